The molecule has 0 aliphatic carbocycles. The Balaban J connectivity index is 1.58. The number of hydrogen-bond donors (Lipinski definition) is 2. The van der Waals surface area contributed by atoms with E-state index >= 15 is 0 Å². The summed E-state index contributed by atoms with van der Waals surface area (Å²) in [4.78, 5) is 0. The Kier molecular flexibility index (Phi) is 7.97. The van der Waals surface area contributed by atoms with Crippen LogP contribution in [0.2, 0.25) is 0 Å². The van der Waals surface area contributed by atoms with Crippen LogP contribution in [0, 0.1) is 20.8 Å². The lowest BCUT2D eigenvalue weighted by Gasteiger charge is -2.12. The average Bonchev–Trinajstić information content (AvgIpc) is 3.19. The first-order chi connectivity index (χ1) is 17.5. The highest BCUT2D eigenvalue weighted by Crippen LogP contribution is 2.30. The van der Waals surface area contributed by atoms with Crippen LogP contribution >= 0.6 is 12.2 Å². The van der Waals surface area contributed by atoms with Gasteiger partial charge in [0, 0.05) is 5.69 Å². The molecule has 184 valence electrons. The predicted molar refractivity (Wildman–Crippen MR) is 149 cm³/mol. The summed E-state index contributed by atoms with van der Waals surface area (Å²) >= 11 is 5.44. The van der Waals surface area contributed by atoms with Crippen LogP contribution in [-0.2, 0) is 0 Å². The van der Waals surface area contributed by atoms with Gasteiger partial charge in [0.1, 0.15) is 11.5 Å². The summed E-state index contributed by atoms with van der Waals surface area (Å²) in [5, 5.41) is 12.7. The van der Waals surface area contributed by atoms with E-state index in [0.717, 1.165) is 33.9 Å². The van der Waals surface area contributed by atoms with Crippen LogP contribution in [0.4, 0.5) is 5.69 Å². The van der Waals surface area contributed by atoms with E-state index in [0.29, 0.717) is 23.3 Å². The summed E-state index contributed by atoms with van der Waals surface area (Å²) in [6.07, 6.45) is 1.67. The largest absolute Gasteiger partial charge is 0.494 e. The molecule has 0 saturated carbocycles. The smallest absolute Gasteiger partial charge is 0.231 e. The molecule has 0 aliphatic rings. The molecule has 0 fully saturated rings. The zero-order valence-electron chi connectivity index (χ0n) is 20.8. The number of para-hydroxylation sites is 1. The van der Waals surface area contributed by atoms with Gasteiger partial charge in [-0.25, -0.2) is 0 Å². The van der Waals surface area contributed by atoms with Gasteiger partial charge in [-0.05, 0) is 93.5 Å². The molecule has 4 rings (SSSR count). The standard InChI is InChI=1S/C28H29N5O2S/c1-5-34-23-14-16-24(17-15-23)35-27-25(21(4)32-33(27)22-11-7-6-8-12-22)18-29-31-28(36)30-26-13-9-10-19(2)20(26)3/h6-18H,5H2,1-4H3,(H2,30,31,36)/b29-18-. The summed E-state index contributed by atoms with van der Waals surface area (Å²) in [6, 6.07) is 23.3. The number of thiocarbonyl (C=S) groups is 1. The molecule has 1 heterocycles. The molecule has 0 saturated heterocycles. The number of nitrogens with one attached hydrogen (secondary N) is 2. The van der Waals surface area contributed by atoms with Crippen molar-refractivity contribution in [1.82, 2.24) is 15.2 Å². The van der Waals surface area contributed by atoms with Crippen molar-refractivity contribution in [3.63, 3.8) is 0 Å². The zero-order chi connectivity index (χ0) is 25.5. The number of anilines is 1. The fourth-order valence-electron chi connectivity index (χ4n) is 3.58. The van der Waals surface area contributed by atoms with E-state index in [1.54, 1.807) is 10.9 Å². The zero-order valence-corrected chi connectivity index (χ0v) is 21.6. The molecule has 1 aromatic heterocycles. The van der Waals surface area contributed by atoms with Gasteiger partial charge in [-0.3, -0.25) is 5.43 Å². The van der Waals surface area contributed by atoms with Gasteiger partial charge in [0.25, 0.3) is 0 Å². The van der Waals surface area contributed by atoms with Crippen molar-refractivity contribution in [3.8, 4) is 23.1 Å². The van der Waals surface area contributed by atoms with E-state index in [4.69, 9.17) is 26.8 Å². The summed E-state index contributed by atoms with van der Waals surface area (Å²) in [6.45, 7) is 8.59. The third-order valence-electron chi connectivity index (χ3n) is 5.63. The van der Waals surface area contributed by atoms with Gasteiger partial charge < -0.3 is 14.8 Å². The van der Waals surface area contributed by atoms with Gasteiger partial charge in [-0.2, -0.15) is 14.9 Å². The molecule has 0 atom stereocenters. The Hall–Kier alpha value is -4.17. The van der Waals surface area contributed by atoms with Crippen LogP contribution in [0.3, 0.4) is 0 Å². The van der Waals surface area contributed by atoms with Gasteiger partial charge in [0.2, 0.25) is 5.88 Å². The number of hydrazone groups is 1. The van der Waals surface area contributed by atoms with E-state index in [-0.39, 0.29) is 0 Å². The summed E-state index contributed by atoms with van der Waals surface area (Å²) in [7, 11) is 0. The molecule has 7 nitrogen and oxygen atoms in total. The van der Waals surface area contributed by atoms with E-state index in [9.17, 15) is 0 Å². The second-order valence-corrected chi connectivity index (χ2v) is 8.54. The lowest BCUT2D eigenvalue weighted by Crippen LogP contribution is -2.24. The van der Waals surface area contributed by atoms with Crippen LogP contribution in [0.1, 0.15) is 29.3 Å². The average molecular weight is 500 g/mol. The van der Waals surface area contributed by atoms with Gasteiger partial charge >= 0.3 is 0 Å². The molecule has 0 unspecified atom stereocenters. The lowest BCUT2D eigenvalue weighted by atomic mass is 10.1. The third-order valence-corrected chi connectivity index (χ3v) is 5.82. The molecule has 3 aromatic carbocycles. The molecule has 0 amide bonds. The first kappa shape index (κ1) is 24.9. The molecule has 0 radical (unpaired) electrons. The second-order valence-electron chi connectivity index (χ2n) is 8.13. The normalized spacial score (nSPS) is 10.9. The fraction of sp³-hybridized carbons (Fsp3) is 0.179. The van der Waals surface area contributed by atoms with Crippen molar-refractivity contribution in [1.29, 1.82) is 0 Å². The first-order valence-corrected chi connectivity index (χ1v) is 12.1. The number of benzene rings is 3. The predicted octanol–water partition coefficient (Wildman–Crippen LogP) is 6.31. The molecule has 0 spiro atoms. The Bertz CT molecular complexity index is 1360. The minimum absolute atomic E-state index is 0.391. The van der Waals surface area contributed by atoms with Crippen molar-refractivity contribution in [2.75, 3.05) is 11.9 Å². The van der Waals surface area contributed by atoms with Crippen molar-refractivity contribution >= 4 is 29.2 Å². The molecule has 0 bridgehead atoms. The quantitative estimate of drug-likeness (QED) is 0.168. The number of nitrogens with zero attached hydrogens (tertiary/aromatic N) is 3. The maximum atomic E-state index is 6.31. The van der Waals surface area contributed by atoms with Crippen LogP contribution in [0.15, 0.2) is 77.9 Å². The van der Waals surface area contributed by atoms with Crippen molar-refractivity contribution in [3.05, 3.63) is 95.2 Å². The number of hydrogen-bond acceptors (Lipinski definition) is 5. The SMILES string of the molecule is CCOc1ccc(Oc2c(/C=N\NC(=S)Nc3cccc(C)c3C)c(C)nn2-c2ccccc2)cc1. The van der Waals surface area contributed by atoms with Crippen LogP contribution in [0.25, 0.3) is 5.69 Å². The Morgan fingerprint density at radius 3 is 2.42 bits per heavy atom. The number of rotatable bonds is 8. The highest BCUT2D eigenvalue weighted by atomic mass is 32.1. The maximum Gasteiger partial charge on any atom is 0.231 e. The Labute approximate surface area is 216 Å². The minimum atomic E-state index is 0.391. The van der Waals surface area contributed by atoms with Crippen molar-refractivity contribution in [2.24, 2.45) is 5.10 Å². The minimum Gasteiger partial charge on any atom is -0.494 e. The first-order valence-electron chi connectivity index (χ1n) is 11.7. The second kappa shape index (κ2) is 11.5. The summed E-state index contributed by atoms with van der Waals surface area (Å²) < 4.78 is 13.6. The number of aromatic nitrogens is 2. The maximum absolute atomic E-state index is 6.31. The van der Waals surface area contributed by atoms with Gasteiger partial charge in [-0.15, -0.1) is 0 Å². The van der Waals surface area contributed by atoms with Crippen molar-refractivity contribution < 1.29 is 9.47 Å². The molecule has 4 aromatic rings. The van der Waals surface area contributed by atoms with Crippen LogP contribution in [-0.4, -0.2) is 27.7 Å². The number of ether oxygens (including phenoxy) is 2. The van der Waals surface area contributed by atoms with Crippen LogP contribution < -0.4 is 20.2 Å². The topological polar surface area (TPSA) is 72.7 Å². The van der Waals surface area contributed by atoms with Gasteiger partial charge in [0.05, 0.1) is 29.8 Å². The van der Waals surface area contributed by atoms with Gasteiger partial charge in [-0.1, -0.05) is 30.3 Å². The Morgan fingerprint density at radius 2 is 1.69 bits per heavy atom. The van der Waals surface area contributed by atoms with E-state index < -0.39 is 0 Å². The summed E-state index contributed by atoms with van der Waals surface area (Å²) in [5.74, 6) is 1.99. The molecule has 8 heteroatoms. The monoisotopic (exact) mass is 499 g/mol. The van der Waals surface area contributed by atoms with E-state index in [1.807, 2.05) is 80.6 Å². The molecule has 2 N–H and O–H groups in total. The highest BCUT2D eigenvalue weighted by molar-refractivity contribution is 7.80. The van der Waals surface area contributed by atoms with Gasteiger partial charge in [0.15, 0.2) is 5.11 Å². The summed E-state index contributed by atoms with van der Waals surface area (Å²) in [5.41, 5.74) is 8.53. The van der Waals surface area contributed by atoms with Crippen LogP contribution in [0.5, 0.6) is 17.4 Å². The Morgan fingerprint density at radius 1 is 0.972 bits per heavy atom. The molecular formula is C28H29N5O2S. The van der Waals surface area contributed by atoms with E-state index in [2.05, 4.69) is 35.8 Å². The van der Waals surface area contributed by atoms with Crippen molar-refractivity contribution in [2.45, 2.75) is 27.7 Å². The van der Waals surface area contributed by atoms with E-state index in [1.165, 1.54) is 5.56 Å². The fourth-order valence-corrected chi connectivity index (χ4v) is 3.75. The molecule has 36 heavy (non-hydrogen) atoms. The highest BCUT2D eigenvalue weighted by Gasteiger charge is 2.18. The molecule has 0 aliphatic heterocycles. The third kappa shape index (κ3) is 5.90. The molecular weight excluding hydrogens is 470 g/mol. The lowest BCUT2D eigenvalue weighted by molar-refractivity contribution is 0.339. The number of aryl methyl sites for hydroxylation is 2.